The van der Waals surface area contributed by atoms with Gasteiger partial charge < -0.3 is 38.3 Å². The molecule has 1 atom stereocenters. The summed E-state index contributed by atoms with van der Waals surface area (Å²) in [6.07, 6.45) is 0.703. The number of ketones is 1. The van der Waals surface area contributed by atoms with Crippen LogP contribution in [0.5, 0.6) is 0 Å². The van der Waals surface area contributed by atoms with Gasteiger partial charge in [-0.2, -0.15) is 0 Å². The van der Waals surface area contributed by atoms with E-state index < -0.39 is 41.5 Å². The molecule has 0 aromatic heterocycles. The minimum atomic E-state index is -1.34. The fourth-order valence-corrected chi connectivity index (χ4v) is 2.17. The third-order valence-electron chi connectivity index (χ3n) is 4.08. The zero-order valence-electron chi connectivity index (χ0n) is 26.5. The van der Waals surface area contributed by atoms with Crippen molar-refractivity contribution in [2.75, 3.05) is 54.9 Å². The summed E-state index contributed by atoms with van der Waals surface area (Å²) in [6, 6.07) is 0. The zero-order chi connectivity index (χ0) is 33.5. The molecule has 0 aromatic rings. The van der Waals surface area contributed by atoms with E-state index in [2.05, 4.69) is 33.2 Å². The van der Waals surface area contributed by atoms with E-state index in [1.807, 2.05) is 0 Å². The Bertz CT molecular complexity index is 796. The number of hydrogen-bond donors (Lipinski definition) is 0. The number of rotatable bonds is 13. The molecule has 0 aromatic carbocycles. The second-order valence-corrected chi connectivity index (χ2v) is 7.01. The quantitative estimate of drug-likeness (QED) is 0.0641. The van der Waals surface area contributed by atoms with Crippen LogP contribution in [0.4, 0.5) is 0 Å². The topological polar surface area (TPSA) is 224 Å². The van der Waals surface area contributed by atoms with Gasteiger partial charge in [0.2, 0.25) is 0 Å². The van der Waals surface area contributed by atoms with Crippen molar-refractivity contribution in [3.63, 3.8) is 0 Å². The molecule has 0 bridgehead atoms. The van der Waals surface area contributed by atoms with Crippen molar-refractivity contribution in [2.45, 2.75) is 59.8 Å². The molecule has 0 heterocycles. The molecular weight excluding hydrogens is 591 g/mol. The van der Waals surface area contributed by atoms with E-state index in [-0.39, 0.29) is 93.6 Å². The van der Waals surface area contributed by atoms with Crippen LogP contribution in [-0.2, 0) is 71.5 Å². The van der Waals surface area contributed by atoms with Crippen LogP contribution in [0.25, 0.3) is 0 Å². The molecule has 0 radical (unpaired) electrons. The van der Waals surface area contributed by atoms with Gasteiger partial charge in [-0.05, 0) is 33.6 Å². The minimum absolute atomic E-state index is 0. The van der Waals surface area contributed by atoms with Gasteiger partial charge in [0.15, 0.2) is 0 Å². The van der Waals surface area contributed by atoms with Gasteiger partial charge in [-0.3, -0.25) is 24.0 Å². The second-order valence-electron chi connectivity index (χ2n) is 7.01. The summed E-state index contributed by atoms with van der Waals surface area (Å²) in [7, 11) is 4.91. The number of methoxy groups -OCH3 is 4. The fraction of sp³-hybridized carbons (Fsp3) is 0.692. The van der Waals surface area contributed by atoms with E-state index in [0.29, 0.717) is 6.42 Å². The summed E-state index contributed by atoms with van der Waals surface area (Å²) >= 11 is 0. The molecule has 1 unspecified atom stereocenters. The number of ether oxygens (including phenoxy) is 7. The molecule has 0 rings (SSSR count). The number of hydrogen-bond acceptors (Lipinski definition) is 16. The van der Waals surface area contributed by atoms with Gasteiger partial charge in [-0.1, -0.05) is 6.92 Å². The zero-order valence-corrected chi connectivity index (χ0v) is 28.5. The number of carbonyl (C=O) groups is 8. The second kappa shape index (κ2) is 35.1. The van der Waals surface area contributed by atoms with E-state index in [1.165, 1.54) is 28.3 Å². The molecule has 0 aliphatic rings. The first-order chi connectivity index (χ1) is 19.8. The van der Waals surface area contributed by atoms with E-state index in [9.17, 15) is 38.4 Å². The van der Waals surface area contributed by atoms with Gasteiger partial charge >= 0.3 is 71.3 Å². The Morgan fingerprint density at radius 1 is 0.558 bits per heavy atom. The molecule has 0 fully saturated rings. The molecule has 0 aliphatic carbocycles. The third-order valence-corrected chi connectivity index (χ3v) is 4.08. The summed E-state index contributed by atoms with van der Waals surface area (Å²) in [5.41, 5.74) is 0. The Morgan fingerprint density at radius 3 is 1.19 bits per heavy atom. The molecule has 43 heavy (non-hydrogen) atoms. The molecular formula is C26H43NaO16. The summed E-state index contributed by atoms with van der Waals surface area (Å²) in [4.78, 5) is 87.0. The summed E-state index contributed by atoms with van der Waals surface area (Å²) in [5, 5.41) is 8.93. The van der Waals surface area contributed by atoms with Gasteiger partial charge in [0.05, 0.1) is 48.3 Å². The summed E-state index contributed by atoms with van der Waals surface area (Å²) < 4.78 is 30.7. The Morgan fingerprint density at radius 2 is 0.884 bits per heavy atom. The van der Waals surface area contributed by atoms with Crippen LogP contribution in [0.3, 0.4) is 0 Å². The average Bonchev–Trinajstić information content (AvgIpc) is 2.97. The van der Waals surface area contributed by atoms with Gasteiger partial charge in [-0.15, -0.1) is 6.61 Å². The number of Topliss-reactive ketones (excluding diaryl/α,β-unsaturated/α-hetero) is 1. The first kappa shape index (κ1) is 49.6. The van der Waals surface area contributed by atoms with E-state index >= 15 is 0 Å². The van der Waals surface area contributed by atoms with Crippen molar-refractivity contribution in [2.24, 2.45) is 5.92 Å². The maximum absolute atomic E-state index is 11.6. The van der Waals surface area contributed by atoms with Crippen LogP contribution in [-0.4, -0.2) is 102 Å². The first-order valence-electron chi connectivity index (χ1n) is 12.7. The third kappa shape index (κ3) is 31.7. The standard InChI is InChI=1S/C11H16O7.C7H12O4.C6H10O4.C2H5O.Na/c1-4-18-11(15)9(13)7(10(14)17-3)5-6-8(12)16-2;1-10-6(8)4-3-5-7(9)11-2;1-3-9-5(7)6(8)10-4-2;1-2-3;/h7H,4-6H2,1-3H3;3-5H2,1-2H3;3-4H2,1-2H3;2H2,1H3;/q;;;-1;+1. The van der Waals surface area contributed by atoms with E-state index in [4.69, 9.17) is 5.11 Å². The molecule has 0 amide bonds. The maximum Gasteiger partial charge on any atom is 1.00 e. The molecule has 0 N–H and O–H groups in total. The van der Waals surface area contributed by atoms with Crippen molar-refractivity contribution in [3.8, 4) is 0 Å². The molecule has 16 nitrogen and oxygen atoms in total. The molecule has 17 heteroatoms. The predicted octanol–water partition coefficient (Wildman–Crippen LogP) is -3.15. The van der Waals surface area contributed by atoms with E-state index in [1.54, 1.807) is 20.8 Å². The fourth-order valence-electron chi connectivity index (χ4n) is 2.17. The van der Waals surface area contributed by atoms with Crippen molar-refractivity contribution in [3.05, 3.63) is 0 Å². The SMILES string of the molecule is CCOC(=O)C(=O)C(CCC(=O)OC)C(=O)OC.CCOC(=O)C(=O)OCC.CC[O-].COC(=O)CCCC(=O)OC.[Na+]. The van der Waals surface area contributed by atoms with Crippen LogP contribution in [0.2, 0.25) is 0 Å². The van der Waals surface area contributed by atoms with E-state index in [0.717, 1.165) is 7.11 Å². The smallest absolute Gasteiger partial charge is 0.855 e. The Balaban J connectivity index is -0.000000167. The van der Waals surface area contributed by atoms with Gasteiger partial charge in [0.25, 0.3) is 5.78 Å². The molecule has 0 spiro atoms. The van der Waals surface area contributed by atoms with Crippen molar-refractivity contribution < 1.29 is 106 Å². The summed E-state index contributed by atoms with van der Waals surface area (Å²) in [5.74, 6) is -7.38. The van der Waals surface area contributed by atoms with Gasteiger partial charge in [0.1, 0.15) is 5.92 Å². The summed E-state index contributed by atoms with van der Waals surface area (Å²) in [6.45, 7) is 6.76. The van der Waals surface area contributed by atoms with Gasteiger partial charge in [-0.25, -0.2) is 14.4 Å². The van der Waals surface area contributed by atoms with Gasteiger partial charge in [0, 0.05) is 19.3 Å². The van der Waals surface area contributed by atoms with Crippen LogP contribution >= 0.6 is 0 Å². The van der Waals surface area contributed by atoms with Crippen molar-refractivity contribution >= 4 is 47.6 Å². The maximum atomic E-state index is 11.6. The first-order valence-corrected chi connectivity index (χ1v) is 12.7. The Hall–Kier alpha value is -3.08. The predicted molar refractivity (Wildman–Crippen MR) is 140 cm³/mol. The van der Waals surface area contributed by atoms with Crippen LogP contribution in [0.1, 0.15) is 59.8 Å². The van der Waals surface area contributed by atoms with Crippen LogP contribution < -0.4 is 34.7 Å². The van der Waals surface area contributed by atoms with Crippen molar-refractivity contribution in [1.29, 1.82) is 0 Å². The number of esters is 7. The minimum Gasteiger partial charge on any atom is -0.855 e. The van der Waals surface area contributed by atoms with Crippen LogP contribution in [0.15, 0.2) is 0 Å². The normalized spacial score (nSPS) is 9.42. The largest absolute Gasteiger partial charge is 1.00 e. The average molecular weight is 635 g/mol. The number of carbonyl (C=O) groups excluding carboxylic acids is 8. The van der Waals surface area contributed by atoms with Crippen LogP contribution in [0, 0.1) is 5.92 Å². The Kier molecular flexibility index (Phi) is 40.5. The molecule has 0 saturated heterocycles. The molecule has 244 valence electrons. The Labute approximate surface area is 273 Å². The molecule has 0 aliphatic heterocycles. The monoisotopic (exact) mass is 634 g/mol. The molecule has 0 saturated carbocycles. The van der Waals surface area contributed by atoms with Crippen molar-refractivity contribution in [1.82, 2.24) is 0 Å².